The van der Waals surface area contributed by atoms with Gasteiger partial charge in [0.1, 0.15) is 6.54 Å². The number of alkyl halides is 3. The van der Waals surface area contributed by atoms with Crippen molar-refractivity contribution in [1.82, 2.24) is 9.78 Å². The zero-order valence-electron chi connectivity index (χ0n) is 11.1. The van der Waals surface area contributed by atoms with Gasteiger partial charge in [-0.25, -0.2) is 0 Å². The van der Waals surface area contributed by atoms with Crippen LogP contribution in [-0.4, -0.2) is 15.7 Å². The van der Waals surface area contributed by atoms with E-state index in [2.05, 4.69) is 10.4 Å². The molecule has 0 atom stereocenters. The molecule has 1 heterocycles. The second kappa shape index (κ2) is 5.47. The highest BCUT2D eigenvalue weighted by molar-refractivity contribution is 5.91. The summed E-state index contributed by atoms with van der Waals surface area (Å²) in [7, 11) is 0. The summed E-state index contributed by atoms with van der Waals surface area (Å²) in [5.74, 6) is -0.486. The van der Waals surface area contributed by atoms with Crippen molar-refractivity contribution in [3.63, 3.8) is 0 Å². The Balaban J connectivity index is 2.05. The minimum Gasteiger partial charge on any atom is -0.399 e. The molecule has 0 aliphatic rings. The molecule has 0 aliphatic carbocycles. The Morgan fingerprint density at radius 1 is 1.38 bits per heavy atom. The van der Waals surface area contributed by atoms with Crippen LogP contribution in [0.3, 0.4) is 0 Å². The summed E-state index contributed by atoms with van der Waals surface area (Å²) in [4.78, 5) is 11.8. The van der Waals surface area contributed by atoms with Crippen LogP contribution in [-0.2, 0) is 17.5 Å². The Morgan fingerprint density at radius 3 is 2.71 bits per heavy atom. The van der Waals surface area contributed by atoms with Crippen molar-refractivity contribution in [2.24, 2.45) is 0 Å². The van der Waals surface area contributed by atoms with Gasteiger partial charge in [-0.3, -0.25) is 9.48 Å². The van der Waals surface area contributed by atoms with Crippen molar-refractivity contribution in [1.29, 1.82) is 0 Å². The maximum Gasteiger partial charge on any atom is 0.435 e. The molecule has 0 unspecified atom stereocenters. The summed E-state index contributed by atoms with van der Waals surface area (Å²) in [5, 5.41) is 5.90. The summed E-state index contributed by atoms with van der Waals surface area (Å²) in [6.45, 7) is 1.47. The number of hydrogen-bond donors (Lipinski definition) is 2. The Bertz CT molecular complexity index is 664. The molecule has 0 aliphatic heterocycles. The number of nitrogen functional groups attached to an aromatic ring is 1. The molecular weight excluding hydrogens is 285 g/mol. The van der Waals surface area contributed by atoms with Gasteiger partial charge in [0.25, 0.3) is 0 Å². The number of carbonyl (C=O) groups is 1. The predicted molar refractivity (Wildman–Crippen MR) is 71.5 cm³/mol. The lowest BCUT2D eigenvalue weighted by Gasteiger charge is -2.09. The summed E-state index contributed by atoms with van der Waals surface area (Å²) < 4.78 is 38.1. The van der Waals surface area contributed by atoms with Crippen molar-refractivity contribution in [3.8, 4) is 0 Å². The van der Waals surface area contributed by atoms with E-state index in [1.54, 1.807) is 25.1 Å². The molecule has 0 saturated heterocycles. The molecule has 21 heavy (non-hydrogen) atoms. The van der Waals surface area contributed by atoms with Gasteiger partial charge in [-0.15, -0.1) is 0 Å². The molecule has 0 fully saturated rings. The van der Waals surface area contributed by atoms with Crippen LogP contribution in [0.15, 0.2) is 30.5 Å². The van der Waals surface area contributed by atoms with E-state index < -0.39 is 17.8 Å². The van der Waals surface area contributed by atoms with Crippen LogP contribution in [0.25, 0.3) is 0 Å². The molecule has 2 aromatic rings. The van der Waals surface area contributed by atoms with Crippen molar-refractivity contribution in [2.45, 2.75) is 19.6 Å². The zero-order chi connectivity index (χ0) is 15.6. The fraction of sp³-hybridized carbons (Fsp3) is 0.231. The van der Waals surface area contributed by atoms with Crippen molar-refractivity contribution in [2.75, 3.05) is 11.1 Å². The van der Waals surface area contributed by atoms with Crippen LogP contribution in [0.2, 0.25) is 0 Å². The fourth-order valence-corrected chi connectivity index (χ4v) is 1.71. The number of rotatable bonds is 3. The number of anilines is 2. The molecule has 0 radical (unpaired) electrons. The number of nitrogens with two attached hydrogens (primary N) is 1. The first-order valence-corrected chi connectivity index (χ1v) is 6.02. The van der Waals surface area contributed by atoms with E-state index in [1.807, 2.05) is 0 Å². The lowest BCUT2D eigenvalue weighted by molar-refractivity contribution is -0.141. The first-order valence-electron chi connectivity index (χ1n) is 6.02. The minimum atomic E-state index is -4.52. The van der Waals surface area contributed by atoms with E-state index >= 15 is 0 Å². The summed E-state index contributed by atoms with van der Waals surface area (Å²) in [5.41, 5.74) is 6.38. The van der Waals surface area contributed by atoms with Crippen LogP contribution in [0.5, 0.6) is 0 Å². The molecular formula is C13H13F3N4O. The van der Waals surface area contributed by atoms with E-state index in [4.69, 9.17) is 5.73 Å². The number of aromatic nitrogens is 2. The maximum atomic E-state index is 12.4. The molecule has 112 valence electrons. The number of aryl methyl sites for hydroxylation is 1. The quantitative estimate of drug-likeness (QED) is 0.855. The summed E-state index contributed by atoms with van der Waals surface area (Å²) >= 11 is 0. The lowest BCUT2D eigenvalue weighted by Crippen LogP contribution is -2.20. The molecule has 8 heteroatoms. The Labute approximate surface area is 118 Å². The maximum absolute atomic E-state index is 12.4. The Kier molecular flexibility index (Phi) is 3.88. The largest absolute Gasteiger partial charge is 0.435 e. The smallest absolute Gasteiger partial charge is 0.399 e. The van der Waals surface area contributed by atoms with Crippen molar-refractivity contribution >= 4 is 17.3 Å². The molecule has 0 saturated carbocycles. The van der Waals surface area contributed by atoms with Gasteiger partial charge in [-0.2, -0.15) is 18.3 Å². The molecule has 1 aromatic carbocycles. The number of nitrogens with zero attached hydrogens (tertiary/aromatic N) is 2. The van der Waals surface area contributed by atoms with Gasteiger partial charge >= 0.3 is 6.18 Å². The van der Waals surface area contributed by atoms with E-state index in [1.165, 1.54) is 0 Å². The SMILES string of the molecule is Cc1ccc(N)cc1NC(=O)Cn1ccc(C(F)(F)F)n1. The lowest BCUT2D eigenvalue weighted by atomic mass is 10.2. The van der Waals surface area contributed by atoms with Crippen molar-refractivity contribution in [3.05, 3.63) is 41.7 Å². The van der Waals surface area contributed by atoms with Gasteiger partial charge in [0, 0.05) is 17.6 Å². The molecule has 1 aromatic heterocycles. The van der Waals surface area contributed by atoms with Gasteiger partial charge in [0.15, 0.2) is 5.69 Å². The molecule has 1 amide bonds. The Morgan fingerprint density at radius 2 is 2.10 bits per heavy atom. The number of amides is 1. The number of carbonyl (C=O) groups excluding carboxylic acids is 1. The number of benzene rings is 1. The topological polar surface area (TPSA) is 72.9 Å². The number of halogens is 3. The van der Waals surface area contributed by atoms with Gasteiger partial charge in [-0.05, 0) is 30.7 Å². The molecule has 2 rings (SSSR count). The minimum absolute atomic E-state index is 0.315. The van der Waals surface area contributed by atoms with Crippen LogP contribution in [0.1, 0.15) is 11.3 Å². The van der Waals surface area contributed by atoms with Gasteiger partial charge < -0.3 is 11.1 Å². The molecule has 5 nitrogen and oxygen atoms in total. The van der Waals surface area contributed by atoms with Gasteiger partial charge in [0.2, 0.25) is 5.91 Å². The van der Waals surface area contributed by atoms with Crippen molar-refractivity contribution < 1.29 is 18.0 Å². The number of nitrogens with one attached hydrogen (secondary N) is 1. The third-order valence-corrected chi connectivity index (χ3v) is 2.77. The van der Waals surface area contributed by atoms with Gasteiger partial charge in [-0.1, -0.05) is 6.07 Å². The van der Waals surface area contributed by atoms with Crippen LogP contribution in [0, 0.1) is 6.92 Å². The van der Waals surface area contributed by atoms with Gasteiger partial charge in [0.05, 0.1) is 0 Å². The Hall–Kier alpha value is -2.51. The highest BCUT2D eigenvalue weighted by Gasteiger charge is 2.33. The first kappa shape index (κ1) is 14.9. The molecule has 0 spiro atoms. The second-order valence-corrected chi connectivity index (χ2v) is 4.52. The summed E-state index contributed by atoms with van der Waals surface area (Å²) in [6.07, 6.45) is -3.42. The zero-order valence-corrected chi connectivity index (χ0v) is 11.1. The fourth-order valence-electron chi connectivity index (χ4n) is 1.71. The monoisotopic (exact) mass is 298 g/mol. The third kappa shape index (κ3) is 3.74. The molecule has 0 bridgehead atoms. The number of hydrogen-bond acceptors (Lipinski definition) is 3. The highest BCUT2D eigenvalue weighted by atomic mass is 19.4. The standard InChI is InChI=1S/C13H13F3N4O/c1-8-2-3-9(17)6-10(8)18-12(21)7-20-5-4-11(19-20)13(14,15)16/h2-6H,7,17H2,1H3,(H,18,21). The van der Waals surface area contributed by atoms with Crippen LogP contribution >= 0.6 is 0 Å². The highest BCUT2D eigenvalue weighted by Crippen LogP contribution is 2.27. The second-order valence-electron chi connectivity index (χ2n) is 4.52. The average Bonchev–Trinajstić information content (AvgIpc) is 2.82. The van der Waals surface area contributed by atoms with E-state index in [0.29, 0.717) is 11.4 Å². The van der Waals surface area contributed by atoms with E-state index in [9.17, 15) is 18.0 Å². The van der Waals surface area contributed by atoms with E-state index in [0.717, 1.165) is 22.5 Å². The van der Waals surface area contributed by atoms with Crippen LogP contribution < -0.4 is 11.1 Å². The van der Waals surface area contributed by atoms with E-state index in [-0.39, 0.29) is 6.54 Å². The predicted octanol–water partition coefficient (Wildman–Crippen LogP) is 2.43. The van der Waals surface area contributed by atoms with Crippen LogP contribution in [0.4, 0.5) is 24.5 Å². The molecule has 3 N–H and O–H groups in total. The summed E-state index contributed by atoms with van der Waals surface area (Å²) in [6, 6.07) is 5.82. The average molecular weight is 298 g/mol. The first-order chi connectivity index (χ1) is 9.75. The third-order valence-electron chi connectivity index (χ3n) is 2.77. The normalized spacial score (nSPS) is 11.4.